The zero-order valence-electron chi connectivity index (χ0n) is 11.5. The lowest BCUT2D eigenvalue weighted by molar-refractivity contribution is -0.142. The van der Waals surface area contributed by atoms with Crippen LogP contribution >= 0.6 is 0 Å². The van der Waals surface area contributed by atoms with Crippen molar-refractivity contribution in [2.45, 2.75) is 38.3 Å². The van der Waals surface area contributed by atoms with Crippen molar-refractivity contribution >= 4 is 28.0 Å². The maximum atomic E-state index is 12.6. The number of nitrogens with zero attached hydrogens (tertiary/aromatic N) is 2. The molecule has 2 unspecified atom stereocenters. The summed E-state index contributed by atoms with van der Waals surface area (Å²) in [4.78, 5) is 34.2. The van der Waals surface area contributed by atoms with Gasteiger partial charge < -0.3 is 5.11 Å². The SMILES string of the molecule is CC1C(=O)NC(=O)CN1S(=O)(=O)N1CCCCC1C(=O)O. The smallest absolute Gasteiger partial charge is 0.322 e. The Hall–Kier alpha value is -1.52. The number of piperazine rings is 1. The lowest BCUT2D eigenvalue weighted by Crippen LogP contribution is -2.63. The summed E-state index contributed by atoms with van der Waals surface area (Å²) < 4.78 is 26.9. The van der Waals surface area contributed by atoms with Crippen LogP contribution in [0.4, 0.5) is 0 Å². The quantitative estimate of drug-likeness (QED) is 0.611. The van der Waals surface area contributed by atoms with Gasteiger partial charge in [-0.2, -0.15) is 17.0 Å². The second kappa shape index (κ2) is 5.70. The van der Waals surface area contributed by atoms with Gasteiger partial charge in [-0.1, -0.05) is 0 Å². The summed E-state index contributed by atoms with van der Waals surface area (Å²) in [6.45, 7) is 0.940. The van der Waals surface area contributed by atoms with E-state index in [0.717, 1.165) is 8.61 Å². The first-order valence-electron chi connectivity index (χ1n) is 6.60. The van der Waals surface area contributed by atoms with Crippen LogP contribution in [0.5, 0.6) is 0 Å². The molecule has 10 heteroatoms. The van der Waals surface area contributed by atoms with Crippen LogP contribution < -0.4 is 5.32 Å². The van der Waals surface area contributed by atoms with E-state index >= 15 is 0 Å². The number of aliphatic carboxylic acids is 1. The highest BCUT2D eigenvalue weighted by Gasteiger charge is 2.45. The van der Waals surface area contributed by atoms with E-state index in [4.69, 9.17) is 5.11 Å². The number of imide groups is 1. The highest BCUT2D eigenvalue weighted by atomic mass is 32.2. The van der Waals surface area contributed by atoms with Gasteiger partial charge in [-0.3, -0.25) is 19.7 Å². The molecular weight excluding hydrogens is 302 g/mol. The minimum atomic E-state index is -4.19. The van der Waals surface area contributed by atoms with Crippen LogP contribution in [0, 0.1) is 0 Å². The van der Waals surface area contributed by atoms with Crippen LogP contribution in [-0.2, 0) is 24.6 Å². The van der Waals surface area contributed by atoms with Gasteiger partial charge in [0.25, 0.3) is 10.2 Å². The summed E-state index contributed by atoms with van der Waals surface area (Å²) in [5.41, 5.74) is 0. The average molecular weight is 319 g/mol. The number of carboxylic acid groups (broad SMARTS) is 1. The van der Waals surface area contributed by atoms with Crippen molar-refractivity contribution < 1.29 is 27.9 Å². The number of nitrogens with one attached hydrogen (secondary N) is 1. The van der Waals surface area contributed by atoms with E-state index in [2.05, 4.69) is 0 Å². The number of piperidine rings is 1. The topological polar surface area (TPSA) is 124 Å². The molecular formula is C11H17N3O6S. The minimum absolute atomic E-state index is 0.0678. The van der Waals surface area contributed by atoms with Crippen molar-refractivity contribution in [2.24, 2.45) is 0 Å². The molecule has 0 spiro atoms. The molecule has 2 aliphatic rings. The first-order chi connectivity index (χ1) is 9.75. The van der Waals surface area contributed by atoms with Gasteiger partial charge in [0.05, 0.1) is 6.54 Å². The molecule has 2 heterocycles. The maximum Gasteiger partial charge on any atom is 0.322 e. The third-order valence-corrected chi connectivity index (χ3v) is 5.77. The summed E-state index contributed by atoms with van der Waals surface area (Å²) >= 11 is 0. The predicted octanol–water partition coefficient (Wildman–Crippen LogP) is -1.48. The highest BCUT2D eigenvalue weighted by molar-refractivity contribution is 7.86. The molecule has 0 saturated carbocycles. The van der Waals surface area contributed by atoms with Gasteiger partial charge in [0.15, 0.2) is 0 Å². The highest BCUT2D eigenvalue weighted by Crippen LogP contribution is 2.24. The predicted molar refractivity (Wildman–Crippen MR) is 70.2 cm³/mol. The minimum Gasteiger partial charge on any atom is -0.480 e. The fourth-order valence-corrected chi connectivity index (χ4v) is 4.46. The average Bonchev–Trinajstić information content (AvgIpc) is 2.42. The van der Waals surface area contributed by atoms with Crippen molar-refractivity contribution in [3.05, 3.63) is 0 Å². The summed E-state index contributed by atoms with van der Waals surface area (Å²) in [5, 5.41) is 11.2. The molecule has 0 aromatic rings. The fourth-order valence-electron chi connectivity index (χ4n) is 2.53. The molecule has 0 aliphatic carbocycles. The van der Waals surface area contributed by atoms with Gasteiger partial charge in [-0.25, -0.2) is 0 Å². The zero-order valence-corrected chi connectivity index (χ0v) is 12.3. The number of carbonyl (C=O) groups excluding carboxylic acids is 2. The third-order valence-electron chi connectivity index (χ3n) is 3.70. The number of amides is 2. The van der Waals surface area contributed by atoms with Crippen LogP contribution in [0.1, 0.15) is 26.2 Å². The third kappa shape index (κ3) is 2.92. The van der Waals surface area contributed by atoms with Gasteiger partial charge in [-0.05, 0) is 26.2 Å². The standard InChI is InChI=1S/C11H17N3O6S/c1-7-10(16)12-9(15)6-14(7)21(19,20)13-5-3-2-4-8(13)11(17)18/h7-8H,2-6H2,1H3,(H,17,18)(H,12,15,16). The van der Waals surface area contributed by atoms with Crippen molar-refractivity contribution in [3.8, 4) is 0 Å². The molecule has 2 aliphatic heterocycles. The van der Waals surface area contributed by atoms with Gasteiger partial charge in [0, 0.05) is 6.54 Å². The Morgan fingerprint density at radius 2 is 1.95 bits per heavy atom. The lowest BCUT2D eigenvalue weighted by Gasteiger charge is -2.38. The first-order valence-corrected chi connectivity index (χ1v) is 8.00. The van der Waals surface area contributed by atoms with Gasteiger partial charge >= 0.3 is 5.97 Å². The maximum absolute atomic E-state index is 12.6. The van der Waals surface area contributed by atoms with E-state index in [-0.39, 0.29) is 13.0 Å². The first kappa shape index (κ1) is 15.9. The molecule has 118 valence electrons. The molecule has 2 amide bonds. The van der Waals surface area contributed by atoms with Crippen LogP contribution in [0.2, 0.25) is 0 Å². The Labute approximate surface area is 122 Å². The summed E-state index contributed by atoms with van der Waals surface area (Å²) in [7, 11) is -4.19. The van der Waals surface area contributed by atoms with Gasteiger partial charge in [-0.15, -0.1) is 0 Å². The molecule has 0 aromatic carbocycles. The Bertz CT molecular complexity index is 575. The molecule has 0 radical (unpaired) electrons. The molecule has 0 aromatic heterocycles. The Morgan fingerprint density at radius 3 is 2.57 bits per heavy atom. The summed E-state index contributed by atoms with van der Waals surface area (Å²) in [6.07, 6.45) is 1.39. The number of carbonyl (C=O) groups is 3. The second-order valence-electron chi connectivity index (χ2n) is 5.10. The van der Waals surface area contributed by atoms with Gasteiger partial charge in [0.1, 0.15) is 12.1 Å². The Morgan fingerprint density at radius 1 is 1.29 bits per heavy atom. The molecule has 21 heavy (non-hydrogen) atoms. The van der Waals surface area contributed by atoms with Crippen LogP contribution in [0.3, 0.4) is 0 Å². The largest absolute Gasteiger partial charge is 0.480 e. The molecule has 2 atom stereocenters. The fraction of sp³-hybridized carbons (Fsp3) is 0.727. The monoisotopic (exact) mass is 319 g/mol. The van der Waals surface area contributed by atoms with Crippen LogP contribution in [-0.4, -0.2) is 65.1 Å². The number of hydrogen-bond acceptors (Lipinski definition) is 5. The van der Waals surface area contributed by atoms with Gasteiger partial charge in [0.2, 0.25) is 11.8 Å². The van der Waals surface area contributed by atoms with E-state index in [9.17, 15) is 22.8 Å². The molecule has 2 rings (SSSR count). The van der Waals surface area contributed by atoms with Crippen molar-refractivity contribution in [1.82, 2.24) is 13.9 Å². The molecule has 2 saturated heterocycles. The summed E-state index contributed by atoms with van der Waals surface area (Å²) in [5.74, 6) is -2.65. The molecule has 9 nitrogen and oxygen atoms in total. The van der Waals surface area contributed by atoms with E-state index in [1.54, 1.807) is 0 Å². The van der Waals surface area contributed by atoms with E-state index in [1.165, 1.54) is 6.92 Å². The number of carboxylic acids is 1. The van der Waals surface area contributed by atoms with Crippen molar-refractivity contribution in [3.63, 3.8) is 0 Å². The van der Waals surface area contributed by atoms with E-state index in [1.807, 2.05) is 5.32 Å². The Kier molecular flexibility index (Phi) is 4.30. The molecule has 0 bridgehead atoms. The summed E-state index contributed by atoms with van der Waals surface area (Å²) in [6, 6.07) is -2.21. The van der Waals surface area contributed by atoms with E-state index < -0.39 is 46.6 Å². The normalized spacial score (nSPS) is 29.2. The number of hydrogen-bond donors (Lipinski definition) is 2. The van der Waals surface area contributed by atoms with Crippen LogP contribution in [0.15, 0.2) is 0 Å². The van der Waals surface area contributed by atoms with Crippen molar-refractivity contribution in [2.75, 3.05) is 13.1 Å². The second-order valence-corrected chi connectivity index (χ2v) is 6.94. The number of rotatable bonds is 3. The van der Waals surface area contributed by atoms with Crippen LogP contribution in [0.25, 0.3) is 0 Å². The molecule has 2 fully saturated rings. The lowest BCUT2D eigenvalue weighted by atomic mass is 10.1. The Balaban J connectivity index is 2.33. The van der Waals surface area contributed by atoms with Crippen molar-refractivity contribution in [1.29, 1.82) is 0 Å². The molecule has 2 N–H and O–H groups in total. The zero-order chi connectivity index (χ0) is 15.8. The van der Waals surface area contributed by atoms with E-state index in [0.29, 0.717) is 12.8 Å².